The standard InChI is InChI=1S/C14H19F4NO/c1-3-7-19-9-10(4-2)20-11-5-6-13(15)12(8-11)14(16,17)18/h5-6,8,10,19H,3-4,7,9H2,1-2H3. The van der Waals surface area contributed by atoms with E-state index in [-0.39, 0.29) is 11.9 Å². The number of alkyl halides is 3. The summed E-state index contributed by atoms with van der Waals surface area (Å²) in [4.78, 5) is 0. The first kappa shape index (κ1) is 16.8. The van der Waals surface area contributed by atoms with Crippen molar-refractivity contribution in [2.45, 2.75) is 39.0 Å². The van der Waals surface area contributed by atoms with Gasteiger partial charge in [-0.3, -0.25) is 0 Å². The van der Waals surface area contributed by atoms with Crippen LogP contribution in [0, 0.1) is 5.82 Å². The Morgan fingerprint density at radius 1 is 1.25 bits per heavy atom. The monoisotopic (exact) mass is 293 g/mol. The van der Waals surface area contributed by atoms with Gasteiger partial charge in [0.1, 0.15) is 17.7 Å². The van der Waals surface area contributed by atoms with Gasteiger partial charge in [-0.1, -0.05) is 13.8 Å². The lowest BCUT2D eigenvalue weighted by Gasteiger charge is -2.19. The Kier molecular flexibility index (Phi) is 6.26. The van der Waals surface area contributed by atoms with E-state index in [9.17, 15) is 17.6 Å². The number of hydrogen-bond acceptors (Lipinski definition) is 2. The topological polar surface area (TPSA) is 21.3 Å². The lowest BCUT2D eigenvalue weighted by Crippen LogP contribution is -2.31. The number of ether oxygens (including phenoxy) is 1. The predicted molar refractivity (Wildman–Crippen MR) is 69.3 cm³/mol. The van der Waals surface area contributed by atoms with Crippen molar-refractivity contribution in [2.24, 2.45) is 0 Å². The van der Waals surface area contributed by atoms with E-state index in [1.807, 2.05) is 13.8 Å². The summed E-state index contributed by atoms with van der Waals surface area (Å²) in [7, 11) is 0. The fourth-order valence-corrected chi connectivity index (χ4v) is 1.70. The summed E-state index contributed by atoms with van der Waals surface area (Å²) in [5.74, 6) is -1.26. The maximum atomic E-state index is 13.1. The molecule has 0 aliphatic rings. The molecule has 0 saturated carbocycles. The van der Waals surface area contributed by atoms with E-state index >= 15 is 0 Å². The normalized spacial score (nSPS) is 13.3. The van der Waals surface area contributed by atoms with Crippen LogP contribution in [0.3, 0.4) is 0 Å². The zero-order chi connectivity index (χ0) is 15.2. The molecule has 0 radical (unpaired) electrons. The summed E-state index contributed by atoms with van der Waals surface area (Å²) >= 11 is 0. The van der Waals surface area contributed by atoms with Gasteiger partial charge in [-0.05, 0) is 37.6 Å². The molecule has 1 aromatic carbocycles. The number of nitrogens with one attached hydrogen (secondary N) is 1. The van der Waals surface area contributed by atoms with Crippen LogP contribution in [0.5, 0.6) is 5.75 Å². The first-order chi connectivity index (χ1) is 9.38. The molecule has 2 nitrogen and oxygen atoms in total. The SMILES string of the molecule is CCCNCC(CC)Oc1ccc(F)c(C(F)(F)F)c1. The summed E-state index contributed by atoms with van der Waals surface area (Å²) in [5.41, 5.74) is -1.30. The van der Waals surface area contributed by atoms with E-state index in [1.165, 1.54) is 6.07 Å². The van der Waals surface area contributed by atoms with Crippen molar-refractivity contribution in [1.82, 2.24) is 5.32 Å². The van der Waals surface area contributed by atoms with Gasteiger partial charge in [-0.2, -0.15) is 13.2 Å². The highest BCUT2D eigenvalue weighted by Gasteiger charge is 2.34. The van der Waals surface area contributed by atoms with Gasteiger partial charge >= 0.3 is 6.18 Å². The second-order valence-corrected chi connectivity index (χ2v) is 4.49. The van der Waals surface area contributed by atoms with Crippen LogP contribution in [0.2, 0.25) is 0 Å². The molecule has 0 aliphatic carbocycles. The second kappa shape index (κ2) is 7.47. The molecule has 0 heterocycles. The highest BCUT2D eigenvalue weighted by molar-refractivity contribution is 5.31. The van der Waals surface area contributed by atoms with Gasteiger partial charge in [0, 0.05) is 6.54 Å². The maximum Gasteiger partial charge on any atom is 0.419 e. The average molecular weight is 293 g/mol. The van der Waals surface area contributed by atoms with Crippen molar-refractivity contribution in [2.75, 3.05) is 13.1 Å². The zero-order valence-corrected chi connectivity index (χ0v) is 11.6. The third-order valence-electron chi connectivity index (χ3n) is 2.80. The Labute approximate surface area is 116 Å². The molecule has 0 aromatic heterocycles. The lowest BCUT2D eigenvalue weighted by molar-refractivity contribution is -0.140. The zero-order valence-electron chi connectivity index (χ0n) is 11.6. The summed E-state index contributed by atoms with van der Waals surface area (Å²) < 4.78 is 56.4. The average Bonchev–Trinajstić information content (AvgIpc) is 2.38. The molecule has 1 atom stereocenters. The highest BCUT2D eigenvalue weighted by Crippen LogP contribution is 2.33. The lowest BCUT2D eigenvalue weighted by atomic mass is 10.2. The van der Waals surface area contributed by atoms with Gasteiger partial charge in [0.2, 0.25) is 0 Å². The summed E-state index contributed by atoms with van der Waals surface area (Å²) in [5, 5.41) is 3.14. The molecule has 0 aliphatic heterocycles. The molecule has 20 heavy (non-hydrogen) atoms. The van der Waals surface area contributed by atoms with Crippen molar-refractivity contribution in [3.63, 3.8) is 0 Å². The van der Waals surface area contributed by atoms with Crippen LogP contribution in [0.15, 0.2) is 18.2 Å². The Morgan fingerprint density at radius 3 is 2.50 bits per heavy atom. The molecule has 0 saturated heterocycles. The molecule has 0 spiro atoms. The Bertz CT molecular complexity index is 420. The van der Waals surface area contributed by atoms with Gasteiger partial charge in [0.15, 0.2) is 0 Å². The summed E-state index contributed by atoms with van der Waals surface area (Å²) in [6.07, 6.45) is -3.35. The van der Waals surface area contributed by atoms with Crippen molar-refractivity contribution in [3.8, 4) is 5.75 Å². The molecule has 114 valence electrons. The third-order valence-corrected chi connectivity index (χ3v) is 2.80. The minimum Gasteiger partial charge on any atom is -0.489 e. The van der Waals surface area contributed by atoms with Gasteiger partial charge in [-0.25, -0.2) is 4.39 Å². The van der Waals surface area contributed by atoms with Crippen LogP contribution in [0.25, 0.3) is 0 Å². The Hall–Kier alpha value is -1.30. The minimum atomic E-state index is -4.72. The van der Waals surface area contributed by atoms with E-state index < -0.39 is 17.6 Å². The third kappa shape index (κ3) is 5.00. The smallest absolute Gasteiger partial charge is 0.419 e. The molecular weight excluding hydrogens is 274 g/mol. The Balaban J connectivity index is 2.76. The molecule has 1 unspecified atom stereocenters. The first-order valence-corrected chi connectivity index (χ1v) is 6.62. The fourth-order valence-electron chi connectivity index (χ4n) is 1.70. The van der Waals surface area contributed by atoms with Crippen molar-refractivity contribution >= 4 is 0 Å². The van der Waals surface area contributed by atoms with E-state index in [2.05, 4.69) is 5.32 Å². The van der Waals surface area contributed by atoms with Crippen LogP contribution < -0.4 is 10.1 Å². The minimum absolute atomic E-state index is 0.0314. The molecule has 1 N–H and O–H groups in total. The molecule has 1 rings (SSSR count). The molecule has 0 fully saturated rings. The number of benzene rings is 1. The van der Waals surface area contributed by atoms with Crippen molar-refractivity contribution in [1.29, 1.82) is 0 Å². The molecular formula is C14H19F4NO. The van der Waals surface area contributed by atoms with E-state index in [0.717, 1.165) is 19.0 Å². The molecule has 6 heteroatoms. The molecule has 1 aromatic rings. The predicted octanol–water partition coefficient (Wildman–Crippen LogP) is 4.00. The summed E-state index contributed by atoms with van der Waals surface area (Å²) in [6.45, 7) is 5.26. The van der Waals surface area contributed by atoms with Gasteiger partial charge in [0.05, 0.1) is 5.56 Å². The largest absolute Gasteiger partial charge is 0.489 e. The highest BCUT2D eigenvalue weighted by atomic mass is 19.4. The number of hydrogen-bond donors (Lipinski definition) is 1. The van der Waals surface area contributed by atoms with Crippen molar-refractivity contribution < 1.29 is 22.3 Å². The van der Waals surface area contributed by atoms with Gasteiger partial charge in [0.25, 0.3) is 0 Å². The molecule has 0 amide bonds. The van der Waals surface area contributed by atoms with Gasteiger partial charge < -0.3 is 10.1 Å². The Morgan fingerprint density at radius 2 is 1.95 bits per heavy atom. The first-order valence-electron chi connectivity index (χ1n) is 6.62. The van der Waals surface area contributed by atoms with Crippen molar-refractivity contribution in [3.05, 3.63) is 29.6 Å². The van der Waals surface area contributed by atoms with E-state index in [1.54, 1.807) is 0 Å². The van der Waals surface area contributed by atoms with Crippen LogP contribution in [0.1, 0.15) is 32.3 Å². The maximum absolute atomic E-state index is 13.1. The van der Waals surface area contributed by atoms with Crippen LogP contribution in [-0.2, 0) is 6.18 Å². The van der Waals surface area contributed by atoms with E-state index in [0.29, 0.717) is 19.0 Å². The van der Waals surface area contributed by atoms with Gasteiger partial charge in [-0.15, -0.1) is 0 Å². The quantitative estimate of drug-likeness (QED) is 0.606. The number of rotatable bonds is 7. The van der Waals surface area contributed by atoms with Crippen LogP contribution in [0.4, 0.5) is 17.6 Å². The second-order valence-electron chi connectivity index (χ2n) is 4.49. The number of halogens is 4. The molecule has 0 bridgehead atoms. The van der Waals surface area contributed by atoms with E-state index in [4.69, 9.17) is 4.74 Å². The fraction of sp³-hybridized carbons (Fsp3) is 0.571. The van der Waals surface area contributed by atoms with Crippen LogP contribution >= 0.6 is 0 Å². The summed E-state index contributed by atoms with van der Waals surface area (Å²) in [6, 6.07) is 2.70. The van der Waals surface area contributed by atoms with Crippen LogP contribution in [-0.4, -0.2) is 19.2 Å².